The maximum absolute atomic E-state index is 13.1. The van der Waals surface area contributed by atoms with E-state index >= 15 is 0 Å². The predicted octanol–water partition coefficient (Wildman–Crippen LogP) is 1.91. The van der Waals surface area contributed by atoms with Crippen molar-refractivity contribution in [3.8, 4) is 0 Å². The molecule has 0 amide bonds. The average Bonchev–Trinajstić information content (AvgIpc) is 2.76. The summed E-state index contributed by atoms with van der Waals surface area (Å²) < 4.78 is 13.1. The summed E-state index contributed by atoms with van der Waals surface area (Å²) in [6.45, 7) is 2.85. The highest BCUT2D eigenvalue weighted by Gasteiger charge is 2.38. The van der Waals surface area contributed by atoms with E-state index in [1.54, 1.807) is 0 Å². The fourth-order valence-electron chi connectivity index (χ4n) is 2.87. The van der Waals surface area contributed by atoms with Gasteiger partial charge >= 0.3 is 6.08 Å². The highest BCUT2D eigenvalue weighted by molar-refractivity contribution is 5.42. The van der Waals surface area contributed by atoms with Gasteiger partial charge in [-0.1, -0.05) is 0 Å². The number of rotatable bonds is 1. The Labute approximate surface area is 88.3 Å². The first-order chi connectivity index (χ1) is 7.22. The smallest absolute Gasteiger partial charge is 0.310 e. The molecule has 0 aromatic carbocycles. The highest BCUT2D eigenvalue weighted by atomic mass is 19.1. The van der Waals surface area contributed by atoms with Gasteiger partial charge in [0.25, 0.3) is 0 Å². The summed E-state index contributed by atoms with van der Waals surface area (Å²) in [5.74, 6) is 1.57. The Balaban J connectivity index is 1.93. The van der Waals surface area contributed by atoms with Crippen molar-refractivity contribution in [3.05, 3.63) is 17.8 Å². The third kappa shape index (κ3) is 1.48. The van der Waals surface area contributed by atoms with Crippen molar-refractivity contribution < 1.29 is 4.39 Å². The van der Waals surface area contributed by atoms with E-state index in [1.807, 2.05) is 13.0 Å². The number of nitrogens with zero attached hydrogens (tertiary/aromatic N) is 3. The monoisotopic (exact) mass is 207 g/mol. The second-order valence-electron chi connectivity index (χ2n) is 4.62. The van der Waals surface area contributed by atoms with Crippen LogP contribution in [0.4, 0.5) is 10.2 Å². The van der Waals surface area contributed by atoms with Crippen LogP contribution in [-0.2, 0) is 0 Å². The van der Waals surface area contributed by atoms with Gasteiger partial charge in [0.15, 0.2) is 0 Å². The van der Waals surface area contributed by atoms with Crippen LogP contribution in [0.25, 0.3) is 0 Å². The van der Waals surface area contributed by atoms with Crippen molar-refractivity contribution in [2.24, 2.45) is 5.92 Å². The molecular formula is C11H14FN3. The van der Waals surface area contributed by atoms with Gasteiger partial charge in [-0.25, -0.2) is 4.98 Å². The summed E-state index contributed by atoms with van der Waals surface area (Å²) in [5.41, 5.74) is 0.709. The molecule has 2 atom stereocenters. The molecule has 1 saturated carbocycles. The molecule has 2 bridgehead atoms. The zero-order valence-corrected chi connectivity index (χ0v) is 8.78. The lowest BCUT2D eigenvalue weighted by atomic mass is 10.1. The van der Waals surface area contributed by atoms with Gasteiger partial charge in [0, 0.05) is 24.3 Å². The van der Waals surface area contributed by atoms with E-state index in [4.69, 9.17) is 0 Å². The van der Waals surface area contributed by atoms with Crippen molar-refractivity contribution in [1.82, 2.24) is 9.97 Å². The Bertz CT molecular complexity index is 373. The molecule has 0 radical (unpaired) electrons. The van der Waals surface area contributed by atoms with Gasteiger partial charge in [-0.3, -0.25) is 0 Å². The minimum Gasteiger partial charge on any atom is -0.353 e. The predicted molar refractivity (Wildman–Crippen MR) is 55.2 cm³/mol. The minimum absolute atomic E-state index is 0.587. The van der Waals surface area contributed by atoms with Crippen LogP contribution in [0.1, 0.15) is 25.0 Å². The Morgan fingerprint density at radius 2 is 2.27 bits per heavy atom. The molecule has 3 nitrogen and oxygen atoms in total. The number of piperidine rings is 1. The van der Waals surface area contributed by atoms with E-state index in [0.29, 0.717) is 11.7 Å². The molecule has 1 saturated heterocycles. The second kappa shape index (κ2) is 3.15. The third-order valence-corrected chi connectivity index (χ3v) is 3.52. The van der Waals surface area contributed by atoms with Gasteiger partial charge < -0.3 is 4.90 Å². The van der Waals surface area contributed by atoms with E-state index in [1.165, 1.54) is 19.3 Å². The molecule has 3 rings (SSSR count). The van der Waals surface area contributed by atoms with Crippen molar-refractivity contribution in [2.45, 2.75) is 32.2 Å². The van der Waals surface area contributed by atoms with E-state index in [0.717, 1.165) is 18.3 Å². The number of hydrogen-bond donors (Lipinski definition) is 0. The Kier molecular flexibility index (Phi) is 1.90. The molecule has 15 heavy (non-hydrogen) atoms. The van der Waals surface area contributed by atoms with Crippen molar-refractivity contribution in [3.63, 3.8) is 0 Å². The molecule has 1 aliphatic heterocycles. The van der Waals surface area contributed by atoms with Crippen LogP contribution in [0.2, 0.25) is 0 Å². The van der Waals surface area contributed by atoms with Crippen molar-refractivity contribution >= 4 is 5.82 Å². The molecule has 2 fully saturated rings. The lowest BCUT2D eigenvalue weighted by Gasteiger charge is -2.27. The fraction of sp³-hybridized carbons (Fsp3) is 0.636. The van der Waals surface area contributed by atoms with E-state index in [2.05, 4.69) is 14.9 Å². The molecule has 2 heterocycles. The molecule has 2 aliphatic rings. The summed E-state index contributed by atoms with van der Waals surface area (Å²) in [4.78, 5) is 9.79. The maximum atomic E-state index is 13.1. The maximum Gasteiger partial charge on any atom is 0.310 e. The highest BCUT2D eigenvalue weighted by Crippen LogP contribution is 2.39. The first kappa shape index (κ1) is 9.07. The van der Waals surface area contributed by atoms with Crippen LogP contribution in [-0.4, -0.2) is 22.6 Å². The van der Waals surface area contributed by atoms with E-state index in [9.17, 15) is 4.39 Å². The van der Waals surface area contributed by atoms with Crippen molar-refractivity contribution in [1.29, 1.82) is 0 Å². The van der Waals surface area contributed by atoms with Gasteiger partial charge in [0.05, 0.1) is 0 Å². The Morgan fingerprint density at radius 1 is 1.40 bits per heavy atom. The third-order valence-electron chi connectivity index (χ3n) is 3.52. The zero-order valence-electron chi connectivity index (χ0n) is 8.78. The summed E-state index contributed by atoms with van der Waals surface area (Å²) >= 11 is 0. The summed E-state index contributed by atoms with van der Waals surface area (Å²) in [6.07, 6.45) is 3.21. The zero-order chi connectivity index (χ0) is 10.4. The van der Waals surface area contributed by atoms with Gasteiger partial charge in [0.2, 0.25) is 0 Å². The number of anilines is 1. The molecular weight excluding hydrogens is 193 g/mol. The van der Waals surface area contributed by atoms with Crippen LogP contribution >= 0.6 is 0 Å². The molecule has 1 aromatic rings. The van der Waals surface area contributed by atoms with E-state index < -0.39 is 6.08 Å². The molecule has 0 spiro atoms. The number of halogens is 1. The summed E-state index contributed by atoms with van der Waals surface area (Å²) in [6, 6.07) is 2.47. The second-order valence-corrected chi connectivity index (χ2v) is 4.62. The number of aromatic nitrogens is 2. The van der Waals surface area contributed by atoms with Crippen LogP contribution in [0.15, 0.2) is 6.07 Å². The van der Waals surface area contributed by atoms with Crippen LogP contribution in [0.3, 0.4) is 0 Å². The minimum atomic E-state index is -0.604. The molecule has 0 N–H and O–H groups in total. The summed E-state index contributed by atoms with van der Waals surface area (Å²) in [7, 11) is 0. The lowest BCUT2D eigenvalue weighted by Crippen LogP contribution is -2.32. The lowest BCUT2D eigenvalue weighted by molar-refractivity contribution is 0.518. The molecule has 2 unspecified atom stereocenters. The Morgan fingerprint density at radius 3 is 2.87 bits per heavy atom. The molecule has 80 valence electrons. The number of aryl methyl sites for hydroxylation is 1. The fourth-order valence-corrected chi connectivity index (χ4v) is 2.87. The molecule has 4 heteroatoms. The van der Waals surface area contributed by atoms with Gasteiger partial charge in [-0.15, -0.1) is 0 Å². The largest absolute Gasteiger partial charge is 0.353 e. The van der Waals surface area contributed by atoms with E-state index in [-0.39, 0.29) is 0 Å². The number of fused-ring (bicyclic) bond motifs is 2. The SMILES string of the molecule is Cc1cc(N2CC3CCC2C3)nc(F)n1. The van der Waals surface area contributed by atoms with Crippen LogP contribution < -0.4 is 4.90 Å². The van der Waals surface area contributed by atoms with Gasteiger partial charge in [0.1, 0.15) is 5.82 Å². The van der Waals surface area contributed by atoms with Gasteiger partial charge in [-0.2, -0.15) is 9.37 Å². The first-order valence-electron chi connectivity index (χ1n) is 5.50. The van der Waals surface area contributed by atoms with Crippen LogP contribution in [0, 0.1) is 18.9 Å². The average molecular weight is 207 g/mol. The van der Waals surface area contributed by atoms with Crippen LogP contribution in [0.5, 0.6) is 0 Å². The Hall–Kier alpha value is -1.19. The standard InChI is InChI=1S/C11H14FN3/c1-7-4-10(14-11(12)13-7)15-6-8-2-3-9(15)5-8/h4,8-9H,2-3,5-6H2,1H3. The number of hydrogen-bond acceptors (Lipinski definition) is 3. The van der Waals surface area contributed by atoms with Crippen molar-refractivity contribution in [2.75, 3.05) is 11.4 Å². The molecule has 1 aliphatic carbocycles. The topological polar surface area (TPSA) is 29.0 Å². The first-order valence-corrected chi connectivity index (χ1v) is 5.50. The molecule has 1 aromatic heterocycles. The quantitative estimate of drug-likeness (QED) is 0.659. The normalized spacial score (nSPS) is 28.8. The summed E-state index contributed by atoms with van der Waals surface area (Å²) in [5, 5.41) is 0. The van der Waals surface area contributed by atoms with Gasteiger partial charge in [-0.05, 0) is 32.1 Å².